The minimum atomic E-state index is 0.652. The molecule has 0 saturated carbocycles. The molecule has 1 aromatic rings. The summed E-state index contributed by atoms with van der Waals surface area (Å²) in [6.07, 6.45) is 5.89. The van der Waals surface area contributed by atoms with E-state index in [2.05, 4.69) is 11.1 Å². The number of hydrogen-bond acceptors (Lipinski definition) is 9. The lowest BCUT2D eigenvalue weighted by Crippen LogP contribution is -2.08. The summed E-state index contributed by atoms with van der Waals surface area (Å²) in [6.45, 7) is 1.30. The van der Waals surface area contributed by atoms with Crippen LogP contribution < -0.4 is 0 Å². The van der Waals surface area contributed by atoms with Crippen molar-refractivity contribution in [1.29, 1.82) is 0 Å². The molecule has 0 N–H and O–H groups in total. The van der Waals surface area contributed by atoms with E-state index in [-0.39, 0.29) is 0 Å². The third kappa shape index (κ3) is 3.14. The fraction of sp³-hybridized carbons (Fsp3) is 0.133. The summed E-state index contributed by atoms with van der Waals surface area (Å²) in [5.41, 5.74) is 1.20. The molecule has 0 amide bonds. The Morgan fingerprint density at radius 2 is 1.29 bits per heavy atom. The summed E-state index contributed by atoms with van der Waals surface area (Å²) >= 11 is 10.9. The fourth-order valence-corrected chi connectivity index (χ4v) is 11.0. The summed E-state index contributed by atoms with van der Waals surface area (Å²) in [4.78, 5) is 4.07. The van der Waals surface area contributed by atoms with Gasteiger partial charge in [0.1, 0.15) is 13.2 Å². The van der Waals surface area contributed by atoms with Crippen LogP contribution in [0, 0.1) is 0 Å². The lowest BCUT2D eigenvalue weighted by atomic mass is 10.3. The van der Waals surface area contributed by atoms with Crippen LogP contribution in [-0.4, -0.2) is 18.2 Å². The highest BCUT2D eigenvalue weighted by molar-refractivity contribution is 8.49. The molecule has 0 saturated heterocycles. The maximum Gasteiger partial charge on any atom is 0.208 e. The Hall–Kier alpha value is -0.190. The Kier molecular flexibility index (Phi) is 4.57. The summed E-state index contributed by atoms with van der Waals surface area (Å²) in [7, 11) is 0. The second-order valence-electron chi connectivity index (χ2n) is 4.78. The Morgan fingerprint density at radius 1 is 0.750 bits per heavy atom. The lowest BCUT2D eigenvalue weighted by Gasteiger charge is -2.13. The van der Waals surface area contributed by atoms with E-state index in [1.807, 2.05) is 71.6 Å². The number of ether oxygens (including phenoxy) is 2. The molecular weight excluding hydrogens is 419 g/mol. The minimum absolute atomic E-state index is 0.652. The van der Waals surface area contributed by atoms with Crippen molar-refractivity contribution in [2.24, 2.45) is 0 Å². The predicted molar refractivity (Wildman–Crippen MR) is 111 cm³/mol. The molecule has 0 unspecified atom stereocenters. The molecule has 5 heterocycles. The molecule has 4 aliphatic rings. The van der Waals surface area contributed by atoms with Crippen molar-refractivity contribution in [1.82, 2.24) is 4.98 Å². The molecule has 24 heavy (non-hydrogen) atoms. The van der Waals surface area contributed by atoms with Crippen LogP contribution in [0.1, 0.15) is 5.56 Å². The number of pyridine rings is 1. The van der Waals surface area contributed by atoms with E-state index in [1.54, 1.807) is 23.5 Å². The Labute approximate surface area is 164 Å². The van der Waals surface area contributed by atoms with Gasteiger partial charge in [-0.25, -0.2) is 0 Å². The van der Waals surface area contributed by atoms with Gasteiger partial charge in [0.25, 0.3) is 0 Å². The molecule has 0 bridgehead atoms. The molecule has 4 aliphatic heterocycles. The van der Waals surface area contributed by atoms with Gasteiger partial charge in [-0.2, -0.15) is 0 Å². The van der Waals surface area contributed by atoms with Crippen LogP contribution in [0.15, 0.2) is 55.9 Å². The van der Waals surface area contributed by atoms with Gasteiger partial charge in [-0.1, -0.05) is 47.0 Å². The average molecular weight is 428 g/mol. The van der Waals surface area contributed by atoms with Gasteiger partial charge in [0, 0.05) is 12.4 Å². The molecule has 122 valence electrons. The highest BCUT2D eigenvalue weighted by Crippen LogP contribution is 2.69. The van der Waals surface area contributed by atoms with E-state index in [9.17, 15) is 0 Å². The molecule has 0 fully saturated rings. The Balaban J connectivity index is 1.28. The van der Waals surface area contributed by atoms with Crippen molar-refractivity contribution in [2.45, 2.75) is 0 Å². The van der Waals surface area contributed by atoms with Gasteiger partial charge in [0.15, 0.2) is 0 Å². The zero-order chi connectivity index (χ0) is 15.9. The zero-order valence-corrected chi connectivity index (χ0v) is 16.9. The first-order valence-corrected chi connectivity index (χ1v) is 11.9. The summed E-state index contributed by atoms with van der Waals surface area (Å²) in [5, 5.41) is 1.86. The van der Waals surface area contributed by atoms with Crippen molar-refractivity contribution < 1.29 is 9.47 Å². The summed E-state index contributed by atoms with van der Waals surface area (Å²) in [6, 6.07) is 4.07. The van der Waals surface area contributed by atoms with E-state index in [0.717, 1.165) is 10.2 Å². The van der Waals surface area contributed by atoms with Gasteiger partial charge in [-0.05, 0) is 47.3 Å². The van der Waals surface area contributed by atoms with E-state index in [0.29, 0.717) is 13.2 Å². The van der Waals surface area contributed by atoms with Gasteiger partial charge < -0.3 is 9.47 Å². The molecule has 3 nitrogen and oxygen atoms in total. The first-order valence-electron chi connectivity index (χ1n) is 7.02. The van der Waals surface area contributed by atoms with E-state index < -0.39 is 0 Å². The van der Waals surface area contributed by atoms with E-state index in [1.165, 1.54) is 26.7 Å². The van der Waals surface area contributed by atoms with Crippen molar-refractivity contribution in [3.63, 3.8) is 0 Å². The van der Waals surface area contributed by atoms with Crippen LogP contribution in [0.3, 0.4) is 0 Å². The van der Waals surface area contributed by atoms with Crippen molar-refractivity contribution in [3.8, 4) is 0 Å². The highest BCUT2D eigenvalue weighted by atomic mass is 32.3. The second kappa shape index (κ2) is 6.85. The Morgan fingerprint density at radius 3 is 1.92 bits per heavy atom. The second-order valence-corrected chi connectivity index (χ2v) is 12.2. The zero-order valence-electron chi connectivity index (χ0n) is 12.0. The number of thioether (sulfide) groups is 6. The van der Waals surface area contributed by atoms with Crippen LogP contribution in [-0.2, 0) is 9.47 Å². The first-order chi connectivity index (χ1) is 11.8. The monoisotopic (exact) mass is 427 g/mol. The molecule has 1 aromatic heterocycles. The SMILES string of the molecule is C(=C1SC2=C(S1)SC(=C1SC3=C(OCCO3)S1)S2)c1ccncc1. The molecule has 0 atom stereocenters. The summed E-state index contributed by atoms with van der Waals surface area (Å²) < 4.78 is 18.1. The molecule has 0 spiro atoms. The van der Waals surface area contributed by atoms with E-state index in [4.69, 9.17) is 9.47 Å². The molecule has 5 rings (SSSR count). The number of rotatable bonds is 1. The topological polar surface area (TPSA) is 31.4 Å². The van der Waals surface area contributed by atoms with Crippen LogP contribution in [0.2, 0.25) is 0 Å². The third-order valence-corrected chi connectivity index (χ3v) is 11.6. The normalized spacial score (nSPS) is 22.6. The van der Waals surface area contributed by atoms with Crippen LogP contribution in [0.5, 0.6) is 0 Å². The molecule has 0 radical (unpaired) electrons. The minimum Gasteiger partial charge on any atom is -0.480 e. The van der Waals surface area contributed by atoms with Gasteiger partial charge in [-0.3, -0.25) is 4.98 Å². The van der Waals surface area contributed by atoms with Crippen molar-refractivity contribution >= 4 is 76.6 Å². The predicted octanol–water partition coefficient (Wildman–Crippen LogP) is 6.25. The van der Waals surface area contributed by atoms with Crippen LogP contribution in [0.25, 0.3) is 6.08 Å². The molecule has 9 heteroatoms. The average Bonchev–Trinajstić information content (AvgIpc) is 3.27. The van der Waals surface area contributed by atoms with Gasteiger partial charge in [-0.15, -0.1) is 0 Å². The van der Waals surface area contributed by atoms with Gasteiger partial charge >= 0.3 is 0 Å². The number of hydrogen-bond donors (Lipinski definition) is 0. The smallest absolute Gasteiger partial charge is 0.208 e. The van der Waals surface area contributed by atoms with Gasteiger partial charge in [0.2, 0.25) is 10.2 Å². The quantitative estimate of drug-likeness (QED) is 0.516. The van der Waals surface area contributed by atoms with Crippen LogP contribution >= 0.6 is 70.6 Å². The van der Waals surface area contributed by atoms with Crippen molar-refractivity contribution in [3.05, 3.63) is 61.5 Å². The standard InChI is InChI=1S/C15H9NO2S6/c1-3-16-4-2-8(1)7-9-19-12-13(20-9)24-15(23-12)14-21-10-11(22-14)18-6-5-17-10/h1-4,7H,5-6H2. The van der Waals surface area contributed by atoms with E-state index >= 15 is 0 Å². The van der Waals surface area contributed by atoms with Crippen molar-refractivity contribution in [2.75, 3.05) is 13.2 Å². The highest BCUT2D eigenvalue weighted by Gasteiger charge is 2.36. The summed E-state index contributed by atoms with van der Waals surface area (Å²) in [5.74, 6) is 0. The van der Waals surface area contributed by atoms with Gasteiger partial charge in [0.05, 0.1) is 21.2 Å². The third-order valence-electron chi connectivity index (χ3n) is 3.17. The number of aromatic nitrogens is 1. The molecular formula is C15H9NO2S6. The maximum atomic E-state index is 5.67. The fourth-order valence-electron chi connectivity index (χ4n) is 2.14. The molecule has 0 aliphatic carbocycles. The molecule has 0 aromatic carbocycles. The lowest BCUT2D eigenvalue weighted by molar-refractivity contribution is 0.0949. The Bertz CT molecular complexity index is 788. The largest absolute Gasteiger partial charge is 0.480 e. The first kappa shape index (κ1) is 16.0. The maximum absolute atomic E-state index is 5.67. The number of nitrogens with zero attached hydrogens (tertiary/aromatic N) is 1. The van der Waals surface area contributed by atoms with Crippen LogP contribution in [0.4, 0.5) is 0 Å².